The van der Waals surface area contributed by atoms with Crippen LogP contribution in [0.1, 0.15) is 22.7 Å². The lowest BCUT2D eigenvalue weighted by Gasteiger charge is -2.20. The maximum Gasteiger partial charge on any atom is 0.416 e. The zero-order chi connectivity index (χ0) is 16.3. The van der Waals surface area contributed by atoms with E-state index in [2.05, 4.69) is 0 Å². The summed E-state index contributed by atoms with van der Waals surface area (Å²) in [5, 5.41) is 10.1. The molecule has 2 aromatic carbocycles. The molecule has 0 saturated carbocycles. The van der Waals surface area contributed by atoms with E-state index < -0.39 is 29.7 Å². The van der Waals surface area contributed by atoms with E-state index in [9.17, 15) is 22.7 Å². The second-order valence-electron chi connectivity index (χ2n) is 5.05. The summed E-state index contributed by atoms with van der Waals surface area (Å²) in [5.41, 5.74) is 5.37. The van der Waals surface area contributed by atoms with E-state index in [1.54, 1.807) is 30.3 Å². The molecule has 118 valence electrons. The molecule has 0 aliphatic carbocycles. The maximum atomic E-state index is 13.4. The highest BCUT2D eigenvalue weighted by Gasteiger charge is 2.32. The molecule has 0 saturated heterocycles. The average Bonchev–Trinajstić information content (AvgIpc) is 2.46. The number of alkyl halides is 3. The molecule has 0 amide bonds. The number of aliphatic hydroxyl groups excluding tert-OH is 1. The Hall–Kier alpha value is -1.92. The van der Waals surface area contributed by atoms with Gasteiger partial charge in [-0.15, -0.1) is 0 Å². The van der Waals surface area contributed by atoms with Gasteiger partial charge in [0.15, 0.2) is 0 Å². The third kappa shape index (κ3) is 4.05. The van der Waals surface area contributed by atoms with E-state index in [1.165, 1.54) is 0 Å². The topological polar surface area (TPSA) is 46.2 Å². The SMILES string of the molecule is N[C@H](c1cc(F)cc(C(F)(F)F)c1)[C@@H](O)Cc1ccccc1. The third-order valence-electron chi connectivity index (χ3n) is 3.33. The Morgan fingerprint density at radius 2 is 1.68 bits per heavy atom. The zero-order valence-corrected chi connectivity index (χ0v) is 11.5. The van der Waals surface area contributed by atoms with Crippen molar-refractivity contribution in [3.63, 3.8) is 0 Å². The van der Waals surface area contributed by atoms with Crippen molar-refractivity contribution < 1.29 is 22.7 Å². The number of aliphatic hydroxyl groups is 1. The Bertz CT molecular complexity index is 628. The van der Waals surface area contributed by atoms with Crippen LogP contribution in [0, 0.1) is 5.82 Å². The molecule has 3 N–H and O–H groups in total. The Morgan fingerprint density at radius 1 is 1.05 bits per heavy atom. The van der Waals surface area contributed by atoms with E-state index >= 15 is 0 Å². The van der Waals surface area contributed by atoms with Crippen molar-refractivity contribution in [2.24, 2.45) is 5.73 Å². The van der Waals surface area contributed by atoms with E-state index in [1.807, 2.05) is 0 Å². The van der Waals surface area contributed by atoms with Crippen LogP contribution in [0.3, 0.4) is 0 Å². The monoisotopic (exact) mass is 313 g/mol. The summed E-state index contributed by atoms with van der Waals surface area (Å²) in [5.74, 6) is -1.04. The molecule has 0 aromatic heterocycles. The summed E-state index contributed by atoms with van der Waals surface area (Å²) in [6.07, 6.45) is -5.62. The van der Waals surface area contributed by atoms with Crippen LogP contribution < -0.4 is 5.73 Å². The largest absolute Gasteiger partial charge is 0.416 e. The average molecular weight is 313 g/mol. The van der Waals surface area contributed by atoms with Gasteiger partial charge in [-0.25, -0.2) is 4.39 Å². The summed E-state index contributed by atoms with van der Waals surface area (Å²) < 4.78 is 51.4. The molecule has 2 aromatic rings. The van der Waals surface area contributed by atoms with Crippen LogP contribution in [0.4, 0.5) is 17.6 Å². The number of hydrogen-bond donors (Lipinski definition) is 2. The summed E-state index contributed by atoms with van der Waals surface area (Å²) in [4.78, 5) is 0. The highest BCUT2D eigenvalue weighted by atomic mass is 19.4. The molecular weight excluding hydrogens is 298 g/mol. The van der Waals surface area contributed by atoms with Crippen LogP contribution in [-0.2, 0) is 12.6 Å². The molecule has 0 heterocycles. The van der Waals surface area contributed by atoms with Crippen LogP contribution in [0.5, 0.6) is 0 Å². The van der Waals surface area contributed by atoms with Crippen LogP contribution in [0.25, 0.3) is 0 Å². The number of halogens is 4. The maximum absolute atomic E-state index is 13.4. The smallest absolute Gasteiger partial charge is 0.391 e. The zero-order valence-electron chi connectivity index (χ0n) is 11.5. The van der Waals surface area contributed by atoms with Crippen LogP contribution in [-0.4, -0.2) is 11.2 Å². The predicted octanol–water partition coefficient (Wildman–Crippen LogP) is 3.45. The highest BCUT2D eigenvalue weighted by Crippen LogP contribution is 2.32. The second kappa shape index (κ2) is 6.46. The summed E-state index contributed by atoms with van der Waals surface area (Å²) >= 11 is 0. The molecule has 0 spiro atoms. The fourth-order valence-corrected chi connectivity index (χ4v) is 2.17. The molecule has 6 heteroatoms. The first-order valence-electron chi connectivity index (χ1n) is 6.62. The third-order valence-corrected chi connectivity index (χ3v) is 3.33. The number of nitrogens with two attached hydrogens (primary N) is 1. The van der Waals surface area contributed by atoms with Gasteiger partial charge in [0.05, 0.1) is 17.7 Å². The quantitative estimate of drug-likeness (QED) is 0.849. The summed E-state index contributed by atoms with van der Waals surface area (Å²) in [6, 6.07) is 9.85. The van der Waals surface area contributed by atoms with Gasteiger partial charge in [0.2, 0.25) is 0 Å². The van der Waals surface area contributed by atoms with Gasteiger partial charge < -0.3 is 10.8 Å². The number of hydrogen-bond acceptors (Lipinski definition) is 2. The van der Waals surface area contributed by atoms with Crippen molar-refractivity contribution in [1.82, 2.24) is 0 Å². The molecule has 2 rings (SSSR count). The number of benzene rings is 2. The van der Waals surface area contributed by atoms with Gasteiger partial charge in [0, 0.05) is 6.42 Å². The van der Waals surface area contributed by atoms with Gasteiger partial charge in [-0.2, -0.15) is 13.2 Å². The molecule has 22 heavy (non-hydrogen) atoms. The first-order chi connectivity index (χ1) is 10.3. The minimum absolute atomic E-state index is 0.0873. The fourth-order valence-electron chi connectivity index (χ4n) is 2.17. The predicted molar refractivity (Wildman–Crippen MR) is 74.5 cm³/mol. The van der Waals surface area contributed by atoms with E-state index in [0.29, 0.717) is 6.07 Å². The summed E-state index contributed by atoms with van der Waals surface area (Å²) in [7, 11) is 0. The van der Waals surface area contributed by atoms with Crippen molar-refractivity contribution in [2.75, 3.05) is 0 Å². The molecule has 0 aliphatic rings. The highest BCUT2D eigenvalue weighted by molar-refractivity contribution is 5.30. The Labute approximate surface area is 125 Å². The lowest BCUT2D eigenvalue weighted by Crippen LogP contribution is -2.28. The van der Waals surface area contributed by atoms with Gasteiger partial charge >= 0.3 is 6.18 Å². The number of rotatable bonds is 4. The van der Waals surface area contributed by atoms with Crippen LogP contribution in [0.15, 0.2) is 48.5 Å². The molecular formula is C16H15F4NO. The normalized spacial score (nSPS) is 14.6. The van der Waals surface area contributed by atoms with Gasteiger partial charge in [-0.05, 0) is 29.3 Å². The lowest BCUT2D eigenvalue weighted by molar-refractivity contribution is -0.137. The van der Waals surface area contributed by atoms with E-state index in [4.69, 9.17) is 5.73 Å². The molecule has 0 aliphatic heterocycles. The fraction of sp³-hybridized carbons (Fsp3) is 0.250. The standard InChI is InChI=1S/C16H15F4NO/c17-13-8-11(7-12(9-13)16(18,19)20)15(21)14(22)6-10-4-2-1-3-5-10/h1-5,7-9,14-15,22H,6,21H2/t14-,15+/m0/s1. The summed E-state index contributed by atoms with van der Waals surface area (Å²) in [6.45, 7) is 0. The van der Waals surface area contributed by atoms with Crippen molar-refractivity contribution >= 4 is 0 Å². The van der Waals surface area contributed by atoms with Gasteiger partial charge in [-0.1, -0.05) is 30.3 Å². The first kappa shape index (κ1) is 16.5. The molecule has 0 radical (unpaired) electrons. The van der Waals surface area contributed by atoms with E-state index in [-0.39, 0.29) is 12.0 Å². The Kier molecular flexibility index (Phi) is 4.83. The lowest BCUT2D eigenvalue weighted by atomic mass is 9.95. The van der Waals surface area contributed by atoms with Gasteiger partial charge in [-0.3, -0.25) is 0 Å². The molecule has 0 unspecified atom stereocenters. The van der Waals surface area contributed by atoms with Crippen molar-refractivity contribution in [3.8, 4) is 0 Å². The second-order valence-corrected chi connectivity index (χ2v) is 5.05. The Balaban J connectivity index is 2.21. The van der Waals surface area contributed by atoms with Crippen molar-refractivity contribution in [1.29, 1.82) is 0 Å². The molecule has 2 nitrogen and oxygen atoms in total. The first-order valence-corrected chi connectivity index (χ1v) is 6.62. The minimum atomic E-state index is -4.67. The minimum Gasteiger partial charge on any atom is -0.391 e. The van der Waals surface area contributed by atoms with Crippen LogP contribution >= 0.6 is 0 Å². The van der Waals surface area contributed by atoms with Gasteiger partial charge in [0.1, 0.15) is 5.82 Å². The van der Waals surface area contributed by atoms with Gasteiger partial charge in [0.25, 0.3) is 0 Å². The van der Waals surface area contributed by atoms with Crippen molar-refractivity contribution in [2.45, 2.75) is 24.7 Å². The van der Waals surface area contributed by atoms with Crippen LogP contribution in [0.2, 0.25) is 0 Å². The molecule has 0 fully saturated rings. The van der Waals surface area contributed by atoms with E-state index in [0.717, 1.165) is 17.7 Å². The van der Waals surface area contributed by atoms with Crippen molar-refractivity contribution in [3.05, 3.63) is 71.0 Å². The molecule has 2 atom stereocenters. The molecule has 0 bridgehead atoms. The Morgan fingerprint density at radius 3 is 2.27 bits per heavy atom.